The van der Waals surface area contributed by atoms with Crippen LogP contribution in [0.25, 0.3) is 0 Å². The number of halogens is 1. The van der Waals surface area contributed by atoms with Crippen LogP contribution in [-0.4, -0.2) is 12.9 Å². The van der Waals surface area contributed by atoms with Gasteiger partial charge in [0.25, 0.3) is 0 Å². The minimum absolute atomic E-state index is 0.0574. The highest BCUT2D eigenvalue weighted by Crippen LogP contribution is 2.24. The van der Waals surface area contributed by atoms with Crippen LogP contribution in [0.3, 0.4) is 0 Å². The van der Waals surface area contributed by atoms with Gasteiger partial charge >= 0.3 is 0 Å². The van der Waals surface area contributed by atoms with E-state index in [0.29, 0.717) is 0 Å². The molecular formula is C13H17BrO2. The molecule has 0 aromatic heterocycles. The van der Waals surface area contributed by atoms with Crippen LogP contribution in [-0.2, 0) is 10.1 Å². The molecule has 0 aliphatic carbocycles. The van der Waals surface area contributed by atoms with Crippen molar-refractivity contribution in [2.75, 3.05) is 6.61 Å². The van der Waals surface area contributed by atoms with E-state index in [0.717, 1.165) is 30.5 Å². The van der Waals surface area contributed by atoms with Gasteiger partial charge in [-0.3, -0.25) is 0 Å². The highest BCUT2D eigenvalue weighted by atomic mass is 79.9. The molecule has 1 atom stereocenters. The maximum Gasteiger partial charge on any atom is 0.199 e. The van der Waals surface area contributed by atoms with Crippen LogP contribution in [0.1, 0.15) is 30.4 Å². The second-order valence-corrected chi connectivity index (χ2v) is 4.71. The average molecular weight is 285 g/mol. The third kappa shape index (κ3) is 2.98. The van der Waals surface area contributed by atoms with Gasteiger partial charge in [-0.05, 0) is 37.0 Å². The molecule has 2 nitrogen and oxygen atoms in total. The van der Waals surface area contributed by atoms with Crippen molar-refractivity contribution in [3.05, 3.63) is 29.3 Å². The Balaban J connectivity index is 2.06. The minimum atomic E-state index is -0.0574. The summed E-state index contributed by atoms with van der Waals surface area (Å²) in [5, 5.41) is 0.856. The second kappa shape index (κ2) is 5.69. The van der Waals surface area contributed by atoms with Crippen LogP contribution in [0.5, 0.6) is 5.75 Å². The van der Waals surface area contributed by atoms with E-state index < -0.39 is 0 Å². The average Bonchev–Trinajstić information content (AvgIpc) is 2.33. The van der Waals surface area contributed by atoms with Crippen LogP contribution < -0.4 is 4.74 Å². The zero-order valence-corrected chi connectivity index (χ0v) is 11.1. The molecule has 0 amide bonds. The molecule has 1 aromatic carbocycles. The summed E-state index contributed by atoms with van der Waals surface area (Å²) in [6.07, 6.45) is 3.29. The van der Waals surface area contributed by atoms with E-state index in [1.165, 1.54) is 17.5 Å². The first-order chi connectivity index (χ1) is 7.79. The summed E-state index contributed by atoms with van der Waals surface area (Å²) < 4.78 is 11.5. The van der Waals surface area contributed by atoms with E-state index in [1.54, 1.807) is 0 Å². The van der Waals surface area contributed by atoms with Gasteiger partial charge in [0, 0.05) is 11.8 Å². The molecule has 88 valence electrons. The van der Waals surface area contributed by atoms with Crippen molar-refractivity contribution in [1.82, 2.24) is 0 Å². The molecule has 1 saturated heterocycles. The number of alkyl halides is 1. The maximum atomic E-state index is 5.89. The third-order valence-electron chi connectivity index (χ3n) is 2.80. The number of ether oxygens (including phenoxy) is 2. The lowest BCUT2D eigenvalue weighted by Gasteiger charge is -2.24. The Hall–Kier alpha value is -0.540. The standard InChI is InChI=1S/C13H17BrO2/c1-10-5-6-11(9-14)8-12(10)16-13-4-2-3-7-15-13/h5-6,8,13H,2-4,7,9H2,1H3. The Morgan fingerprint density at radius 2 is 2.31 bits per heavy atom. The Kier molecular flexibility index (Phi) is 4.24. The maximum absolute atomic E-state index is 5.89. The highest BCUT2D eigenvalue weighted by molar-refractivity contribution is 9.08. The fraction of sp³-hybridized carbons (Fsp3) is 0.538. The summed E-state index contributed by atoms with van der Waals surface area (Å²) in [6, 6.07) is 6.29. The van der Waals surface area contributed by atoms with Crippen molar-refractivity contribution in [2.45, 2.75) is 37.8 Å². The van der Waals surface area contributed by atoms with Gasteiger partial charge in [-0.2, -0.15) is 0 Å². The van der Waals surface area contributed by atoms with Gasteiger partial charge in [0.2, 0.25) is 0 Å². The molecule has 1 fully saturated rings. The van der Waals surface area contributed by atoms with E-state index in [2.05, 4.69) is 41.1 Å². The zero-order valence-electron chi connectivity index (χ0n) is 9.54. The lowest BCUT2D eigenvalue weighted by molar-refractivity contribution is -0.106. The molecule has 0 bridgehead atoms. The Morgan fingerprint density at radius 1 is 1.44 bits per heavy atom. The van der Waals surface area contributed by atoms with Crippen LogP contribution in [0.4, 0.5) is 0 Å². The molecule has 1 unspecified atom stereocenters. The van der Waals surface area contributed by atoms with Gasteiger partial charge in [-0.25, -0.2) is 0 Å². The van der Waals surface area contributed by atoms with Gasteiger partial charge in [0.05, 0.1) is 6.61 Å². The number of benzene rings is 1. The van der Waals surface area contributed by atoms with Gasteiger partial charge in [0.1, 0.15) is 5.75 Å². The Labute approximate surface area is 105 Å². The summed E-state index contributed by atoms with van der Waals surface area (Å²) in [5.41, 5.74) is 2.40. The molecule has 1 aliphatic heterocycles. The zero-order chi connectivity index (χ0) is 11.4. The van der Waals surface area contributed by atoms with Crippen LogP contribution in [0, 0.1) is 6.92 Å². The van der Waals surface area contributed by atoms with E-state index in [1.807, 2.05) is 0 Å². The SMILES string of the molecule is Cc1ccc(CBr)cc1OC1CCCCO1. The molecule has 16 heavy (non-hydrogen) atoms. The molecule has 0 saturated carbocycles. The predicted molar refractivity (Wildman–Crippen MR) is 68.0 cm³/mol. The van der Waals surface area contributed by atoms with Crippen LogP contribution in [0.2, 0.25) is 0 Å². The molecule has 2 rings (SSSR count). The van der Waals surface area contributed by atoms with Crippen molar-refractivity contribution in [3.63, 3.8) is 0 Å². The Bertz CT molecular complexity index is 346. The van der Waals surface area contributed by atoms with Crippen LogP contribution >= 0.6 is 15.9 Å². The summed E-state index contributed by atoms with van der Waals surface area (Å²) in [5.74, 6) is 0.948. The first-order valence-electron chi connectivity index (χ1n) is 5.73. The normalized spacial score (nSPS) is 20.8. The summed E-state index contributed by atoms with van der Waals surface area (Å²) >= 11 is 3.45. The largest absolute Gasteiger partial charge is 0.465 e. The first-order valence-corrected chi connectivity index (χ1v) is 6.85. The molecule has 1 aromatic rings. The van der Waals surface area contributed by atoms with Crippen LogP contribution in [0.15, 0.2) is 18.2 Å². The number of hydrogen-bond donors (Lipinski definition) is 0. The predicted octanol–water partition coefficient (Wildman–Crippen LogP) is 3.80. The quantitative estimate of drug-likeness (QED) is 0.786. The van der Waals surface area contributed by atoms with Crippen molar-refractivity contribution >= 4 is 15.9 Å². The molecule has 3 heteroatoms. The fourth-order valence-corrected chi connectivity index (χ4v) is 2.15. The van der Waals surface area contributed by atoms with E-state index in [4.69, 9.17) is 9.47 Å². The lowest BCUT2D eigenvalue weighted by Crippen LogP contribution is -2.25. The van der Waals surface area contributed by atoms with Crippen molar-refractivity contribution < 1.29 is 9.47 Å². The topological polar surface area (TPSA) is 18.5 Å². The van der Waals surface area contributed by atoms with Gasteiger partial charge in [-0.1, -0.05) is 28.1 Å². The monoisotopic (exact) mass is 284 g/mol. The molecule has 1 heterocycles. The minimum Gasteiger partial charge on any atom is -0.465 e. The van der Waals surface area contributed by atoms with Gasteiger partial charge in [0.15, 0.2) is 6.29 Å². The van der Waals surface area contributed by atoms with Crippen molar-refractivity contribution in [2.24, 2.45) is 0 Å². The lowest BCUT2D eigenvalue weighted by atomic mass is 10.1. The number of hydrogen-bond acceptors (Lipinski definition) is 2. The van der Waals surface area contributed by atoms with Gasteiger partial charge in [-0.15, -0.1) is 0 Å². The van der Waals surface area contributed by atoms with E-state index in [-0.39, 0.29) is 6.29 Å². The summed E-state index contributed by atoms with van der Waals surface area (Å²) in [7, 11) is 0. The first kappa shape index (κ1) is 11.9. The molecular weight excluding hydrogens is 268 g/mol. The van der Waals surface area contributed by atoms with E-state index >= 15 is 0 Å². The van der Waals surface area contributed by atoms with Gasteiger partial charge < -0.3 is 9.47 Å². The molecule has 0 radical (unpaired) electrons. The molecule has 0 N–H and O–H groups in total. The molecule has 1 aliphatic rings. The van der Waals surface area contributed by atoms with E-state index in [9.17, 15) is 0 Å². The number of rotatable bonds is 3. The smallest absolute Gasteiger partial charge is 0.199 e. The summed E-state index contributed by atoms with van der Waals surface area (Å²) in [6.45, 7) is 2.89. The number of aryl methyl sites for hydroxylation is 1. The fourth-order valence-electron chi connectivity index (χ4n) is 1.80. The van der Waals surface area contributed by atoms with Crippen molar-refractivity contribution in [3.8, 4) is 5.75 Å². The Morgan fingerprint density at radius 3 is 3.00 bits per heavy atom. The summed E-state index contributed by atoms with van der Waals surface area (Å²) in [4.78, 5) is 0. The van der Waals surface area contributed by atoms with Crippen molar-refractivity contribution in [1.29, 1.82) is 0 Å². The second-order valence-electron chi connectivity index (χ2n) is 4.15. The third-order valence-corrected chi connectivity index (χ3v) is 3.45. The highest BCUT2D eigenvalue weighted by Gasteiger charge is 2.16. The molecule has 0 spiro atoms.